The molecule has 0 aromatic heterocycles. The topological polar surface area (TPSA) is 27.0 Å². The van der Waals surface area contributed by atoms with Crippen molar-refractivity contribution in [1.29, 1.82) is 5.26 Å². The number of nitrogens with zero attached hydrogens (tertiary/aromatic N) is 2. The highest BCUT2D eigenvalue weighted by Crippen LogP contribution is 2.22. The molecule has 0 radical (unpaired) electrons. The van der Waals surface area contributed by atoms with Crippen molar-refractivity contribution < 1.29 is 4.39 Å². The maximum absolute atomic E-state index is 13.5. The van der Waals surface area contributed by atoms with Gasteiger partial charge in [-0.05, 0) is 19.0 Å². The average Bonchev–Trinajstić information content (AvgIpc) is 2.20. The van der Waals surface area contributed by atoms with Crippen molar-refractivity contribution in [3.63, 3.8) is 0 Å². The van der Waals surface area contributed by atoms with Crippen LogP contribution in [0, 0.1) is 23.1 Å². The molecule has 0 amide bonds. The van der Waals surface area contributed by atoms with Crippen LogP contribution >= 0.6 is 0 Å². The lowest BCUT2D eigenvalue weighted by Gasteiger charge is -2.24. The molecule has 86 valence electrons. The fourth-order valence-electron chi connectivity index (χ4n) is 1.78. The third-order valence-corrected chi connectivity index (χ3v) is 2.42. The lowest BCUT2D eigenvalue weighted by molar-refractivity contribution is 0.254. The van der Waals surface area contributed by atoms with E-state index in [9.17, 15) is 4.39 Å². The molecule has 0 saturated heterocycles. The van der Waals surface area contributed by atoms with Crippen LogP contribution in [0.3, 0.4) is 0 Å². The Hall–Kier alpha value is -1.40. The van der Waals surface area contributed by atoms with Crippen LogP contribution in [0.5, 0.6) is 0 Å². The standard InChI is InChI=1S/C13H17FN2/c1-10(2)9-16(3)13(8-15)11-6-4-5-7-12(11)14/h4-7,10,13H,9H2,1-3H3. The maximum atomic E-state index is 13.5. The lowest BCUT2D eigenvalue weighted by Crippen LogP contribution is -2.28. The predicted molar refractivity (Wildman–Crippen MR) is 62.2 cm³/mol. The zero-order valence-electron chi connectivity index (χ0n) is 9.94. The van der Waals surface area contributed by atoms with Crippen LogP contribution in [0.2, 0.25) is 0 Å². The van der Waals surface area contributed by atoms with Gasteiger partial charge in [-0.25, -0.2) is 4.39 Å². The van der Waals surface area contributed by atoms with E-state index in [2.05, 4.69) is 19.9 Å². The molecule has 1 unspecified atom stereocenters. The van der Waals surface area contributed by atoms with Gasteiger partial charge in [-0.2, -0.15) is 5.26 Å². The van der Waals surface area contributed by atoms with Gasteiger partial charge >= 0.3 is 0 Å². The van der Waals surface area contributed by atoms with E-state index >= 15 is 0 Å². The van der Waals surface area contributed by atoms with Gasteiger partial charge in [0, 0.05) is 12.1 Å². The summed E-state index contributed by atoms with van der Waals surface area (Å²) in [6.07, 6.45) is 0. The van der Waals surface area contributed by atoms with Crippen LogP contribution in [0.4, 0.5) is 4.39 Å². The minimum Gasteiger partial charge on any atom is -0.287 e. The van der Waals surface area contributed by atoms with Gasteiger partial charge in [0.1, 0.15) is 11.9 Å². The Labute approximate surface area is 96.3 Å². The number of hydrogen-bond acceptors (Lipinski definition) is 2. The van der Waals surface area contributed by atoms with E-state index in [4.69, 9.17) is 5.26 Å². The minimum atomic E-state index is -0.511. The summed E-state index contributed by atoms with van der Waals surface area (Å²) in [5.74, 6) is 0.136. The molecule has 0 heterocycles. The van der Waals surface area contributed by atoms with Crippen LogP contribution in [0.1, 0.15) is 25.5 Å². The Morgan fingerprint density at radius 3 is 2.50 bits per heavy atom. The summed E-state index contributed by atoms with van der Waals surface area (Å²) in [5.41, 5.74) is 0.452. The zero-order valence-corrected chi connectivity index (χ0v) is 9.94. The van der Waals surface area contributed by atoms with Crippen molar-refractivity contribution in [1.82, 2.24) is 4.90 Å². The molecule has 0 aliphatic heterocycles. The summed E-state index contributed by atoms with van der Waals surface area (Å²) in [6.45, 7) is 4.92. The molecule has 1 atom stereocenters. The van der Waals surface area contributed by atoms with Crippen LogP contribution in [-0.2, 0) is 0 Å². The van der Waals surface area contributed by atoms with Crippen LogP contribution in [0.15, 0.2) is 24.3 Å². The molecule has 0 aliphatic rings. The van der Waals surface area contributed by atoms with Crippen molar-refractivity contribution in [2.75, 3.05) is 13.6 Å². The highest BCUT2D eigenvalue weighted by atomic mass is 19.1. The summed E-state index contributed by atoms with van der Waals surface area (Å²) < 4.78 is 13.5. The van der Waals surface area contributed by atoms with Gasteiger partial charge in [0.25, 0.3) is 0 Å². The highest BCUT2D eigenvalue weighted by Gasteiger charge is 2.19. The molecule has 1 aromatic carbocycles. The Balaban J connectivity index is 2.91. The first-order valence-electron chi connectivity index (χ1n) is 5.40. The van der Waals surface area contributed by atoms with E-state index in [0.29, 0.717) is 11.5 Å². The van der Waals surface area contributed by atoms with Gasteiger partial charge in [-0.15, -0.1) is 0 Å². The maximum Gasteiger partial charge on any atom is 0.129 e. The second-order valence-electron chi connectivity index (χ2n) is 4.39. The molecule has 0 bridgehead atoms. The molecule has 2 nitrogen and oxygen atoms in total. The Morgan fingerprint density at radius 1 is 1.38 bits per heavy atom. The predicted octanol–water partition coefficient (Wildman–Crippen LogP) is 2.98. The van der Waals surface area contributed by atoms with Gasteiger partial charge < -0.3 is 0 Å². The van der Waals surface area contributed by atoms with Crippen molar-refractivity contribution in [3.05, 3.63) is 35.6 Å². The number of rotatable bonds is 4. The monoisotopic (exact) mass is 220 g/mol. The quantitative estimate of drug-likeness (QED) is 0.780. The Morgan fingerprint density at radius 2 is 2.00 bits per heavy atom. The Kier molecular flexibility index (Phi) is 4.45. The third kappa shape index (κ3) is 3.04. The summed E-state index contributed by atoms with van der Waals surface area (Å²) in [4.78, 5) is 1.88. The third-order valence-electron chi connectivity index (χ3n) is 2.42. The average molecular weight is 220 g/mol. The number of halogens is 1. The van der Waals surface area contributed by atoms with Gasteiger partial charge in [0.15, 0.2) is 0 Å². The van der Waals surface area contributed by atoms with Crippen molar-refractivity contribution in [2.24, 2.45) is 5.92 Å². The first kappa shape index (κ1) is 12.7. The molecular weight excluding hydrogens is 203 g/mol. The lowest BCUT2D eigenvalue weighted by atomic mass is 10.1. The van der Waals surface area contributed by atoms with Crippen LogP contribution < -0.4 is 0 Å². The van der Waals surface area contributed by atoms with Crippen molar-refractivity contribution in [3.8, 4) is 6.07 Å². The van der Waals surface area contributed by atoms with Gasteiger partial charge in [0.05, 0.1) is 6.07 Å². The van der Waals surface area contributed by atoms with Crippen LogP contribution in [0.25, 0.3) is 0 Å². The van der Waals surface area contributed by atoms with Gasteiger partial charge in [-0.3, -0.25) is 4.90 Å². The summed E-state index contributed by atoms with van der Waals surface area (Å²) >= 11 is 0. The second-order valence-corrected chi connectivity index (χ2v) is 4.39. The van der Waals surface area contributed by atoms with E-state index < -0.39 is 6.04 Å². The molecule has 0 aliphatic carbocycles. The van der Waals surface area contributed by atoms with E-state index in [-0.39, 0.29) is 5.82 Å². The van der Waals surface area contributed by atoms with Gasteiger partial charge in [0.2, 0.25) is 0 Å². The first-order valence-corrected chi connectivity index (χ1v) is 5.40. The zero-order chi connectivity index (χ0) is 12.1. The van der Waals surface area contributed by atoms with E-state index in [1.54, 1.807) is 18.2 Å². The SMILES string of the molecule is CC(C)CN(C)C(C#N)c1ccccc1F. The normalized spacial score (nSPS) is 12.8. The van der Waals surface area contributed by atoms with Gasteiger partial charge in [-0.1, -0.05) is 32.0 Å². The first-order chi connectivity index (χ1) is 7.56. The second kappa shape index (κ2) is 5.62. The largest absolute Gasteiger partial charge is 0.287 e. The van der Waals surface area contributed by atoms with E-state index in [1.807, 2.05) is 11.9 Å². The number of benzene rings is 1. The molecule has 0 spiro atoms. The summed E-state index contributed by atoms with van der Waals surface area (Å²) in [5, 5.41) is 9.13. The molecule has 1 rings (SSSR count). The van der Waals surface area contributed by atoms with E-state index in [0.717, 1.165) is 6.54 Å². The summed E-state index contributed by atoms with van der Waals surface area (Å²) in [7, 11) is 1.85. The van der Waals surface area contributed by atoms with Crippen LogP contribution in [-0.4, -0.2) is 18.5 Å². The molecule has 16 heavy (non-hydrogen) atoms. The summed E-state index contributed by atoms with van der Waals surface area (Å²) in [6, 6.07) is 8.09. The number of nitriles is 1. The molecule has 3 heteroatoms. The fraction of sp³-hybridized carbons (Fsp3) is 0.462. The molecular formula is C13H17FN2. The molecule has 0 saturated carbocycles. The van der Waals surface area contributed by atoms with Crippen molar-refractivity contribution >= 4 is 0 Å². The van der Waals surface area contributed by atoms with Crippen molar-refractivity contribution in [2.45, 2.75) is 19.9 Å². The molecule has 0 fully saturated rings. The molecule has 1 aromatic rings. The molecule has 0 N–H and O–H groups in total. The minimum absolute atomic E-state index is 0.315. The Bertz CT molecular complexity index is 382. The fourth-order valence-corrected chi connectivity index (χ4v) is 1.78. The number of hydrogen-bond donors (Lipinski definition) is 0. The smallest absolute Gasteiger partial charge is 0.129 e. The van der Waals surface area contributed by atoms with E-state index in [1.165, 1.54) is 6.07 Å². The highest BCUT2D eigenvalue weighted by molar-refractivity contribution is 5.25.